The molecule has 2 aliphatic rings. The predicted molar refractivity (Wildman–Crippen MR) is 159 cm³/mol. The highest BCUT2D eigenvalue weighted by molar-refractivity contribution is 14.1. The van der Waals surface area contributed by atoms with E-state index in [0.717, 1.165) is 64.4 Å². The maximum atomic E-state index is 13.0. The zero-order valence-corrected chi connectivity index (χ0v) is 24.3. The minimum absolute atomic E-state index is 0.0753. The van der Waals surface area contributed by atoms with Gasteiger partial charge in [0.15, 0.2) is 0 Å². The van der Waals surface area contributed by atoms with E-state index in [1.807, 2.05) is 54.4 Å². The van der Waals surface area contributed by atoms with Gasteiger partial charge in [-0.1, -0.05) is 6.07 Å². The molecule has 1 fully saturated rings. The summed E-state index contributed by atoms with van der Waals surface area (Å²) in [7, 11) is 0. The highest BCUT2D eigenvalue weighted by Crippen LogP contribution is 2.34. The van der Waals surface area contributed by atoms with Crippen LogP contribution < -0.4 is 14.2 Å². The Kier molecular flexibility index (Phi) is 8.21. The third-order valence-corrected chi connectivity index (χ3v) is 7.99. The first kappa shape index (κ1) is 26.5. The number of carbonyl (C=O) groups is 1. The summed E-state index contributed by atoms with van der Waals surface area (Å²) in [6, 6.07) is 16.0. The van der Waals surface area contributed by atoms with E-state index in [-0.39, 0.29) is 11.9 Å². The molecule has 0 unspecified atom stereocenters. The minimum Gasteiger partial charge on any atom is -0.494 e. The molecule has 3 aromatic rings. The number of carbonyl (C=O) groups excluding carboxylic acids is 1. The fourth-order valence-electron chi connectivity index (χ4n) is 4.77. The van der Waals surface area contributed by atoms with E-state index in [4.69, 9.17) is 14.2 Å². The molecule has 0 aliphatic carbocycles. The van der Waals surface area contributed by atoms with E-state index < -0.39 is 0 Å². The quantitative estimate of drug-likeness (QED) is 0.182. The Labute approximate surface area is 238 Å². The van der Waals surface area contributed by atoms with E-state index in [1.54, 1.807) is 0 Å². The number of unbranched alkanes of at least 4 members (excludes halogenated alkanes) is 1. The molecule has 0 N–H and O–H groups in total. The summed E-state index contributed by atoms with van der Waals surface area (Å²) in [6.45, 7) is 8.15. The third kappa shape index (κ3) is 5.98. The summed E-state index contributed by atoms with van der Waals surface area (Å²) in [5, 5.41) is 0. The average molecular weight is 625 g/mol. The van der Waals surface area contributed by atoms with Gasteiger partial charge in [-0.3, -0.25) is 9.79 Å². The molecular formula is C31H33IN2O4. The predicted octanol–water partition coefficient (Wildman–Crippen LogP) is 7.57. The van der Waals surface area contributed by atoms with Crippen LogP contribution in [-0.4, -0.2) is 42.8 Å². The van der Waals surface area contributed by atoms with Crippen LogP contribution in [0.2, 0.25) is 0 Å². The molecule has 0 radical (unpaired) electrons. The molecule has 6 nitrogen and oxygen atoms in total. The Balaban J connectivity index is 1.09. The van der Waals surface area contributed by atoms with Crippen LogP contribution in [0.3, 0.4) is 0 Å². The SMILES string of the molecule is Cc1ccc(Oc2ccc(OCCCCOc3cc4c(cc3C)C(=O)N3CCC[C@H]3C=N4)cc2I)cc1C. The highest BCUT2D eigenvalue weighted by Gasteiger charge is 2.32. The first-order valence-electron chi connectivity index (χ1n) is 13.2. The van der Waals surface area contributed by atoms with Crippen molar-refractivity contribution in [3.63, 3.8) is 0 Å². The summed E-state index contributed by atoms with van der Waals surface area (Å²) in [4.78, 5) is 19.5. The van der Waals surface area contributed by atoms with Gasteiger partial charge in [0, 0.05) is 18.8 Å². The Bertz CT molecular complexity index is 1370. The van der Waals surface area contributed by atoms with Gasteiger partial charge in [-0.15, -0.1) is 0 Å². The van der Waals surface area contributed by atoms with Crippen LogP contribution in [0.1, 0.15) is 52.7 Å². The number of rotatable bonds is 9. The summed E-state index contributed by atoms with van der Waals surface area (Å²) < 4.78 is 19.1. The van der Waals surface area contributed by atoms with Crippen molar-refractivity contribution >= 4 is 40.4 Å². The fraction of sp³-hybridized carbons (Fsp3) is 0.355. The zero-order valence-electron chi connectivity index (χ0n) is 22.1. The molecular weight excluding hydrogens is 591 g/mol. The van der Waals surface area contributed by atoms with Crippen LogP contribution in [0.15, 0.2) is 53.5 Å². The van der Waals surface area contributed by atoms with Crippen LogP contribution >= 0.6 is 22.6 Å². The topological polar surface area (TPSA) is 60.4 Å². The molecule has 0 bridgehead atoms. The lowest BCUT2D eigenvalue weighted by Crippen LogP contribution is -2.35. The van der Waals surface area contributed by atoms with E-state index in [1.165, 1.54) is 11.1 Å². The number of amides is 1. The maximum absolute atomic E-state index is 13.0. The summed E-state index contributed by atoms with van der Waals surface area (Å²) >= 11 is 2.28. The first-order valence-corrected chi connectivity index (χ1v) is 14.3. The number of hydrogen-bond donors (Lipinski definition) is 0. The number of halogens is 1. The molecule has 1 saturated heterocycles. The fourth-order valence-corrected chi connectivity index (χ4v) is 5.36. The van der Waals surface area contributed by atoms with Gasteiger partial charge in [0.2, 0.25) is 0 Å². The molecule has 1 atom stereocenters. The molecule has 0 aromatic heterocycles. The molecule has 5 rings (SSSR count). The average Bonchev–Trinajstić information content (AvgIpc) is 3.33. The van der Waals surface area contributed by atoms with Gasteiger partial charge >= 0.3 is 0 Å². The lowest BCUT2D eigenvalue weighted by atomic mass is 10.1. The minimum atomic E-state index is 0.0753. The van der Waals surface area contributed by atoms with Crippen LogP contribution in [0.25, 0.3) is 0 Å². The van der Waals surface area contributed by atoms with Gasteiger partial charge in [0.1, 0.15) is 23.0 Å². The lowest BCUT2D eigenvalue weighted by Gasteiger charge is -2.20. The number of aryl methyl sites for hydroxylation is 3. The van der Waals surface area contributed by atoms with Gasteiger partial charge < -0.3 is 19.1 Å². The monoisotopic (exact) mass is 624 g/mol. The Morgan fingerprint density at radius 3 is 2.47 bits per heavy atom. The molecule has 198 valence electrons. The third-order valence-electron chi connectivity index (χ3n) is 7.14. The molecule has 3 aromatic carbocycles. The van der Waals surface area contributed by atoms with Crippen LogP contribution in [0, 0.1) is 24.3 Å². The van der Waals surface area contributed by atoms with Crippen molar-refractivity contribution in [3.05, 3.63) is 74.4 Å². The largest absolute Gasteiger partial charge is 0.494 e. The maximum Gasteiger partial charge on any atom is 0.256 e. The normalized spacial score (nSPS) is 16.2. The number of benzene rings is 3. The van der Waals surface area contributed by atoms with E-state index in [9.17, 15) is 4.79 Å². The van der Waals surface area contributed by atoms with Crippen LogP contribution in [0.4, 0.5) is 5.69 Å². The molecule has 1 amide bonds. The number of nitrogens with zero attached hydrogens (tertiary/aromatic N) is 2. The van der Waals surface area contributed by atoms with E-state index in [0.29, 0.717) is 24.5 Å². The standard InChI is InChI=1S/C31H33IN2O4/c1-20-8-9-25(15-21(20)2)38-29-11-10-24(17-27(29)32)36-13-4-5-14-37-30-18-28-26(16-22(30)3)31(35)34-12-6-7-23(34)19-33-28/h8-11,15-19,23H,4-7,12-14H2,1-3H3/t23-/m0/s1. The van der Waals surface area contributed by atoms with Crippen LogP contribution in [0.5, 0.6) is 23.0 Å². The molecule has 38 heavy (non-hydrogen) atoms. The van der Waals surface area contributed by atoms with Gasteiger partial charge in [0.05, 0.1) is 34.1 Å². The van der Waals surface area contributed by atoms with Gasteiger partial charge in [-0.25, -0.2) is 0 Å². The van der Waals surface area contributed by atoms with Gasteiger partial charge in [-0.2, -0.15) is 0 Å². The second kappa shape index (κ2) is 11.8. The molecule has 2 heterocycles. The summed E-state index contributed by atoms with van der Waals surface area (Å²) in [5.74, 6) is 3.34. The van der Waals surface area contributed by atoms with Crippen molar-refractivity contribution in [3.8, 4) is 23.0 Å². The zero-order chi connectivity index (χ0) is 26.6. The van der Waals surface area contributed by atoms with Crippen LogP contribution in [-0.2, 0) is 0 Å². The van der Waals surface area contributed by atoms with Gasteiger partial charge in [0.25, 0.3) is 5.91 Å². The number of ether oxygens (including phenoxy) is 3. The van der Waals surface area contributed by atoms with Crippen molar-refractivity contribution in [2.45, 2.75) is 52.5 Å². The Hall–Kier alpha value is -3.07. The lowest BCUT2D eigenvalue weighted by molar-refractivity contribution is 0.0774. The van der Waals surface area contributed by atoms with Crippen molar-refractivity contribution in [2.75, 3.05) is 19.8 Å². The second-order valence-electron chi connectivity index (χ2n) is 9.97. The number of fused-ring (bicyclic) bond motifs is 2. The molecule has 7 heteroatoms. The van der Waals surface area contributed by atoms with Crippen molar-refractivity contribution in [2.24, 2.45) is 4.99 Å². The molecule has 0 saturated carbocycles. The second-order valence-corrected chi connectivity index (χ2v) is 11.1. The first-order chi connectivity index (χ1) is 18.4. The summed E-state index contributed by atoms with van der Waals surface area (Å²) in [5.41, 5.74) is 4.79. The van der Waals surface area contributed by atoms with Crippen molar-refractivity contribution < 1.29 is 19.0 Å². The van der Waals surface area contributed by atoms with Crippen molar-refractivity contribution in [1.29, 1.82) is 0 Å². The molecule has 2 aliphatic heterocycles. The van der Waals surface area contributed by atoms with Crippen molar-refractivity contribution in [1.82, 2.24) is 4.90 Å². The highest BCUT2D eigenvalue weighted by atomic mass is 127. The Morgan fingerprint density at radius 2 is 1.68 bits per heavy atom. The smallest absolute Gasteiger partial charge is 0.256 e. The molecule has 0 spiro atoms. The number of aliphatic imine (C=N–C) groups is 1. The van der Waals surface area contributed by atoms with E-state index in [2.05, 4.69) is 53.6 Å². The summed E-state index contributed by atoms with van der Waals surface area (Å²) in [6.07, 6.45) is 5.66. The van der Waals surface area contributed by atoms with Gasteiger partial charge in [-0.05, 0) is 122 Å². The number of hydrogen-bond acceptors (Lipinski definition) is 5. The Morgan fingerprint density at radius 1 is 0.895 bits per heavy atom. The van der Waals surface area contributed by atoms with E-state index >= 15 is 0 Å².